The molecule has 2 aromatic carbocycles. The minimum absolute atomic E-state index is 0.0297. The van der Waals surface area contributed by atoms with Crippen LogP contribution in [0.2, 0.25) is 0 Å². The van der Waals surface area contributed by atoms with Crippen molar-refractivity contribution in [3.05, 3.63) is 42.0 Å². The molecule has 21 heavy (non-hydrogen) atoms. The van der Waals surface area contributed by atoms with Crippen LogP contribution in [0.3, 0.4) is 0 Å². The molecule has 2 amide bonds. The van der Waals surface area contributed by atoms with Crippen LogP contribution < -0.4 is 5.32 Å². The smallest absolute Gasteiger partial charge is 0.258 e. The van der Waals surface area contributed by atoms with E-state index in [0.717, 1.165) is 5.39 Å². The molecule has 0 saturated carbocycles. The summed E-state index contributed by atoms with van der Waals surface area (Å²) in [4.78, 5) is 25.3. The average molecular weight is 286 g/mol. The molecule has 2 aromatic rings. The van der Waals surface area contributed by atoms with Crippen molar-refractivity contribution in [3.63, 3.8) is 0 Å². The number of carbonyl (C=O) groups excluding carboxylic acids is 2. The zero-order valence-corrected chi connectivity index (χ0v) is 12.1. The standard InChI is InChI=1S/C16H18N2O3/c1-3-18(10-14(19)17-2)16(21)13-9-8-11-6-4-5-7-12(11)15(13)20/h4-9,20H,3,10H2,1-2H3,(H,17,19). The Kier molecular flexibility index (Phi) is 4.42. The zero-order chi connectivity index (χ0) is 15.4. The molecule has 110 valence electrons. The van der Waals surface area contributed by atoms with Crippen molar-refractivity contribution in [2.45, 2.75) is 6.92 Å². The van der Waals surface area contributed by atoms with E-state index in [1.165, 1.54) is 11.9 Å². The number of rotatable bonds is 4. The SMILES string of the molecule is CCN(CC(=O)NC)C(=O)c1ccc2ccccc2c1O. The molecular weight excluding hydrogens is 268 g/mol. The van der Waals surface area contributed by atoms with Crippen molar-refractivity contribution in [2.75, 3.05) is 20.1 Å². The van der Waals surface area contributed by atoms with Gasteiger partial charge in [0.25, 0.3) is 5.91 Å². The zero-order valence-electron chi connectivity index (χ0n) is 12.1. The number of amides is 2. The number of phenols is 1. The van der Waals surface area contributed by atoms with Gasteiger partial charge in [-0.1, -0.05) is 30.3 Å². The van der Waals surface area contributed by atoms with E-state index in [9.17, 15) is 14.7 Å². The maximum absolute atomic E-state index is 12.5. The molecule has 2 rings (SSSR count). The van der Waals surface area contributed by atoms with Crippen molar-refractivity contribution >= 4 is 22.6 Å². The van der Waals surface area contributed by atoms with Crippen LogP contribution in [0.4, 0.5) is 0 Å². The Morgan fingerprint density at radius 2 is 1.90 bits per heavy atom. The Bertz CT molecular complexity index is 682. The predicted octanol–water partition coefficient (Wildman–Crippen LogP) is 1.75. The number of fused-ring (bicyclic) bond motifs is 1. The summed E-state index contributed by atoms with van der Waals surface area (Å²) in [6.07, 6.45) is 0. The molecule has 0 atom stereocenters. The lowest BCUT2D eigenvalue weighted by atomic mass is 10.0. The van der Waals surface area contributed by atoms with Gasteiger partial charge in [-0.3, -0.25) is 9.59 Å². The molecule has 0 heterocycles. The number of nitrogens with one attached hydrogen (secondary N) is 1. The lowest BCUT2D eigenvalue weighted by molar-refractivity contribution is -0.121. The van der Waals surface area contributed by atoms with Gasteiger partial charge in [-0.05, 0) is 18.4 Å². The van der Waals surface area contributed by atoms with E-state index in [0.29, 0.717) is 11.9 Å². The third-order valence-electron chi connectivity index (χ3n) is 3.41. The minimum Gasteiger partial charge on any atom is -0.506 e. The third kappa shape index (κ3) is 2.97. The van der Waals surface area contributed by atoms with Crippen LogP contribution in [0.1, 0.15) is 17.3 Å². The monoisotopic (exact) mass is 286 g/mol. The molecule has 0 aliphatic rings. The van der Waals surface area contributed by atoms with Crippen LogP contribution in [0.25, 0.3) is 10.8 Å². The highest BCUT2D eigenvalue weighted by Crippen LogP contribution is 2.29. The molecule has 0 spiro atoms. The van der Waals surface area contributed by atoms with E-state index in [1.54, 1.807) is 31.2 Å². The van der Waals surface area contributed by atoms with Crippen molar-refractivity contribution in [3.8, 4) is 5.75 Å². The van der Waals surface area contributed by atoms with Crippen LogP contribution in [-0.4, -0.2) is 42.0 Å². The lowest BCUT2D eigenvalue weighted by Gasteiger charge is -2.20. The van der Waals surface area contributed by atoms with Gasteiger partial charge in [0.2, 0.25) is 5.91 Å². The fourth-order valence-corrected chi connectivity index (χ4v) is 2.18. The summed E-state index contributed by atoms with van der Waals surface area (Å²) in [7, 11) is 1.52. The van der Waals surface area contributed by atoms with Gasteiger partial charge in [0.15, 0.2) is 0 Å². The van der Waals surface area contributed by atoms with E-state index >= 15 is 0 Å². The molecule has 0 bridgehead atoms. The second-order valence-electron chi connectivity index (χ2n) is 4.68. The van der Waals surface area contributed by atoms with Crippen LogP contribution in [0, 0.1) is 0 Å². The largest absolute Gasteiger partial charge is 0.506 e. The molecule has 0 fully saturated rings. The molecule has 5 heteroatoms. The molecule has 0 radical (unpaired) electrons. The first-order chi connectivity index (χ1) is 10.1. The molecule has 2 N–H and O–H groups in total. The quantitative estimate of drug-likeness (QED) is 0.899. The van der Waals surface area contributed by atoms with E-state index < -0.39 is 0 Å². The number of nitrogens with zero attached hydrogens (tertiary/aromatic N) is 1. The maximum Gasteiger partial charge on any atom is 0.258 e. The van der Waals surface area contributed by atoms with Gasteiger partial charge in [0.1, 0.15) is 5.75 Å². The fourth-order valence-electron chi connectivity index (χ4n) is 2.18. The van der Waals surface area contributed by atoms with E-state index in [-0.39, 0.29) is 29.7 Å². The van der Waals surface area contributed by atoms with Crippen LogP contribution in [-0.2, 0) is 4.79 Å². The van der Waals surface area contributed by atoms with Gasteiger partial charge in [0, 0.05) is 19.0 Å². The first-order valence-electron chi connectivity index (χ1n) is 6.79. The van der Waals surface area contributed by atoms with E-state index in [1.807, 2.05) is 12.1 Å². The molecular formula is C16H18N2O3. The summed E-state index contributed by atoms with van der Waals surface area (Å²) in [6, 6.07) is 10.7. The Balaban J connectivity index is 2.38. The first-order valence-corrected chi connectivity index (χ1v) is 6.79. The number of likely N-dealkylation sites (N-methyl/N-ethyl adjacent to an activating group) is 2. The summed E-state index contributed by atoms with van der Waals surface area (Å²) in [6.45, 7) is 2.15. The van der Waals surface area contributed by atoms with Crippen LogP contribution in [0.5, 0.6) is 5.75 Å². The van der Waals surface area contributed by atoms with Crippen LogP contribution in [0.15, 0.2) is 36.4 Å². The maximum atomic E-state index is 12.5. The Morgan fingerprint density at radius 1 is 1.19 bits per heavy atom. The highest BCUT2D eigenvalue weighted by atomic mass is 16.3. The van der Waals surface area contributed by atoms with Crippen molar-refractivity contribution in [1.29, 1.82) is 0 Å². The van der Waals surface area contributed by atoms with Crippen molar-refractivity contribution in [2.24, 2.45) is 0 Å². The number of hydrogen-bond donors (Lipinski definition) is 2. The van der Waals surface area contributed by atoms with Gasteiger partial charge in [-0.15, -0.1) is 0 Å². The lowest BCUT2D eigenvalue weighted by Crippen LogP contribution is -2.39. The van der Waals surface area contributed by atoms with Gasteiger partial charge < -0.3 is 15.3 Å². The van der Waals surface area contributed by atoms with Gasteiger partial charge >= 0.3 is 0 Å². The first kappa shape index (κ1) is 14.8. The number of phenolic OH excluding ortho intramolecular Hbond substituents is 1. The van der Waals surface area contributed by atoms with Crippen LogP contribution >= 0.6 is 0 Å². The second kappa shape index (κ2) is 6.26. The fraction of sp³-hybridized carbons (Fsp3) is 0.250. The Labute approximate surface area is 123 Å². The van der Waals surface area contributed by atoms with Crippen molar-refractivity contribution < 1.29 is 14.7 Å². The molecule has 0 aliphatic heterocycles. The Morgan fingerprint density at radius 3 is 2.57 bits per heavy atom. The second-order valence-corrected chi connectivity index (χ2v) is 4.68. The van der Waals surface area contributed by atoms with Gasteiger partial charge in [-0.25, -0.2) is 0 Å². The summed E-state index contributed by atoms with van der Waals surface area (Å²) in [5.41, 5.74) is 0.208. The number of hydrogen-bond acceptors (Lipinski definition) is 3. The molecule has 0 aromatic heterocycles. The normalized spacial score (nSPS) is 10.4. The van der Waals surface area contributed by atoms with Gasteiger partial charge in [0.05, 0.1) is 12.1 Å². The highest BCUT2D eigenvalue weighted by molar-refractivity contribution is 6.04. The number of benzene rings is 2. The number of carbonyl (C=O) groups is 2. The average Bonchev–Trinajstić information content (AvgIpc) is 2.52. The molecule has 0 unspecified atom stereocenters. The summed E-state index contributed by atoms with van der Waals surface area (Å²) in [5.74, 6) is -0.650. The molecule has 0 aliphatic carbocycles. The van der Waals surface area contributed by atoms with E-state index in [4.69, 9.17) is 0 Å². The predicted molar refractivity (Wildman–Crippen MR) is 81.3 cm³/mol. The summed E-state index contributed by atoms with van der Waals surface area (Å²) >= 11 is 0. The molecule has 0 saturated heterocycles. The van der Waals surface area contributed by atoms with E-state index in [2.05, 4.69) is 5.32 Å². The number of aromatic hydroxyl groups is 1. The summed E-state index contributed by atoms with van der Waals surface area (Å²) in [5, 5.41) is 14.3. The minimum atomic E-state index is -0.357. The summed E-state index contributed by atoms with van der Waals surface area (Å²) < 4.78 is 0. The topological polar surface area (TPSA) is 69.6 Å². The third-order valence-corrected chi connectivity index (χ3v) is 3.41. The molecule has 5 nitrogen and oxygen atoms in total. The van der Waals surface area contributed by atoms with Gasteiger partial charge in [-0.2, -0.15) is 0 Å². The Hall–Kier alpha value is -2.56. The highest BCUT2D eigenvalue weighted by Gasteiger charge is 2.20. The van der Waals surface area contributed by atoms with Crippen molar-refractivity contribution in [1.82, 2.24) is 10.2 Å².